The van der Waals surface area contributed by atoms with E-state index >= 15 is 0 Å². The number of benzene rings is 1. The van der Waals surface area contributed by atoms with Gasteiger partial charge in [-0.1, -0.05) is 0 Å². The van der Waals surface area contributed by atoms with Crippen molar-refractivity contribution in [3.8, 4) is 5.75 Å². The maximum absolute atomic E-state index is 12.1. The van der Waals surface area contributed by atoms with Gasteiger partial charge in [0, 0.05) is 12.7 Å². The fraction of sp³-hybridized carbons (Fsp3) is 0.333. The highest BCUT2D eigenvalue weighted by atomic mass is 16.5. The first-order chi connectivity index (χ1) is 8.03. The predicted octanol–water partition coefficient (Wildman–Crippen LogP) is 1.31. The second kappa shape index (κ2) is 3.00. The van der Waals surface area contributed by atoms with Crippen molar-refractivity contribution in [1.82, 2.24) is 0 Å². The molecular weight excluding hydrogens is 220 g/mol. The van der Waals surface area contributed by atoms with E-state index in [1.54, 1.807) is 25.2 Å². The zero-order valence-electron chi connectivity index (χ0n) is 9.40. The number of carbonyl (C=O) groups excluding carboxylic acids is 2. The molecule has 1 saturated carbocycles. The van der Waals surface area contributed by atoms with Crippen LogP contribution in [0, 0.1) is 0 Å². The zero-order valence-corrected chi connectivity index (χ0v) is 9.40. The summed E-state index contributed by atoms with van der Waals surface area (Å²) in [6.07, 6.45) is 1.56. The average molecular weight is 232 g/mol. The van der Waals surface area contributed by atoms with Crippen LogP contribution in [-0.4, -0.2) is 24.5 Å². The molecule has 2 N–H and O–H groups in total. The van der Waals surface area contributed by atoms with Gasteiger partial charge in [-0.25, -0.2) is 4.79 Å². The van der Waals surface area contributed by atoms with Gasteiger partial charge in [0.1, 0.15) is 5.75 Å². The smallest absolute Gasteiger partial charge is 0.318 e. The molecule has 1 heterocycles. The Morgan fingerprint density at radius 2 is 2.18 bits per heavy atom. The fourth-order valence-corrected chi connectivity index (χ4v) is 2.07. The quantitative estimate of drug-likeness (QED) is 0.793. The molecule has 1 aromatic rings. The van der Waals surface area contributed by atoms with E-state index < -0.39 is 11.6 Å². The van der Waals surface area contributed by atoms with Gasteiger partial charge in [0.2, 0.25) is 5.78 Å². The number of primary amides is 1. The molecule has 1 aliphatic carbocycles. The lowest BCUT2D eigenvalue weighted by atomic mass is 10.1. The normalized spacial score (nSPS) is 18.8. The lowest BCUT2D eigenvalue weighted by Gasteiger charge is -2.14. The number of fused-ring (bicyclic) bond motifs is 1. The molecule has 0 unspecified atom stereocenters. The summed E-state index contributed by atoms with van der Waals surface area (Å²) < 4.78 is 5.63. The molecule has 2 aliphatic rings. The van der Waals surface area contributed by atoms with E-state index in [1.807, 2.05) is 0 Å². The van der Waals surface area contributed by atoms with Crippen molar-refractivity contribution in [2.24, 2.45) is 5.73 Å². The summed E-state index contributed by atoms with van der Waals surface area (Å²) in [5, 5.41) is 0. The highest BCUT2D eigenvalue weighted by Crippen LogP contribution is 2.50. The molecule has 0 atom stereocenters. The van der Waals surface area contributed by atoms with Crippen LogP contribution in [0.15, 0.2) is 18.2 Å². The van der Waals surface area contributed by atoms with Crippen LogP contribution in [0.3, 0.4) is 0 Å². The monoisotopic (exact) mass is 232 g/mol. The standard InChI is InChI=1S/C12H12N2O3/c1-14(11(13)16)7-2-3-9-8(6-7)10(15)12(17-9)4-5-12/h2-3,6H,4-5H2,1H3,(H2,13,16). The highest BCUT2D eigenvalue weighted by molar-refractivity contribution is 6.10. The topological polar surface area (TPSA) is 72.6 Å². The van der Waals surface area contributed by atoms with Crippen LogP contribution in [0.5, 0.6) is 5.75 Å². The second-order valence-electron chi connectivity index (χ2n) is 4.50. The number of carbonyl (C=O) groups is 2. The lowest BCUT2D eigenvalue weighted by Crippen LogP contribution is -2.31. The van der Waals surface area contributed by atoms with Gasteiger partial charge in [-0.15, -0.1) is 0 Å². The van der Waals surface area contributed by atoms with Gasteiger partial charge in [-0.2, -0.15) is 0 Å². The number of ketones is 1. The first kappa shape index (κ1) is 10.1. The molecule has 1 spiro atoms. The maximum Gasteiger partial charge on any atom is 0.318 e. The Hall–Kier alpha value is -2.04. The van der Waals surface area contributed by atoms with Gasteiger partial charge in [0.05, 0.1) is 5.56 Å². The number of urea groups is 1. The van der Waals surface area contributed by atoms with Crippen LogP contribution < -0.4 is 15.4 Å². The molecule has 0 radical (unpaired) electrons. The predicted molar refractivity (Wildman–Crippen MR) is 61.4 cm³/mol. The van der Waals surface area contributed by atoms with Crippen LogP contribution in [0.2, 0.25) is 0 Å². The number of anilines is 1. The highest BCUT2D eigenvalue weighted by Gasteiger charge is 2.57. The van der Waals surface area contributed by atoms with Crippen molar-refractivity contribution in [1.29, 1.82) is 0 Å². The molecular formula is C12H12N2O3. The van der Waals surface area contributed by atoms with E-state index in [4.69, 9.17) is 10.5 Å². The van der Waals surface area contributed by atoms with Crippen molar-refractivity contribution in [2.75, 3.05) is 11.9 Å². The molecule has 1 aromatic carbocycles. The Bertz CT molecular complexity index is 535. The van der Waals surface area contributed by atoms with Crippen LogP contribution in [0.1, 0.15) is 23.2 Å². The molecule has 0 bridgehead atoms. The summed E-state index contributed by atoms with van der Waals surface area (Å²) in [6, 6.07) is 4.54. The van der Waals surface area contributed by atoms with Crippen LogP contribution in [0.25, 0.3) is 0 Å². The molecule has 1 aliphatic heterocycles. The Labute approximate surface area is 98.1 Å². The van der Waals surface area contributed by atoms with Gasteiger partial charge < -0.3 is 10.5 Å². The van der Waals surface area contributed by atoms with Gasteiger partial charge in [-0.3, -0.25) is 9.69 Å². The van der Waals surface area contributed by atoms with Crippen LogP contribution >= 0.6 is 0 Å². The van der Waals surface area contributed by atoms with Gasteiger partial charge in [-0.05, 0) is 31.0 Å². The largest absolute Gasteiger partial charge is 0.478 e. The summed E-state index contributed by atoms with van der Waals surface area (Å²) in [6.45, 7) is 0. The molecule has 0 aromatic heterocycles. The SMILES string of the molecule is CN(C(N)=O)c1ccc2c(c1)C(=O)C1(CC1)O2. The van der Waals surface area contributed by atoms with Gasteiger partial charge in [0.15, 0.2) is 5.60 Å². The maximum atomic E-state index is 12.1. The minimum atomic E-state index is -0.591. The Morgan fingerprint density at radius 1 is 1.47 bits per heavy atom. The lowest BCUT2D eigenvalue weighted by molar-refractivity contribution is 0.0820. The van der Waals surface area contributed by atoms with E-state index in [-0.39, 0.29) is 5.78 Å². The minimum Gasteiger partial charge on any atom is -0.478 e. The molecule has 17 heavy (non-hydrogen) atoms. The minimum absolute atomic E-state index is 0.0206. The summed E-state index contributed by atoms with van der Waals surface area (Å²) in [7, 11) is 1.57. The molecule has 3 rings (SSSR count). The number of nitrogens with two attached hydrogens (primary N) is 1. The summed E-state index contributed by atoms with van der Waals surface area (Å²) in [5.41, 5.74) is 5.75. The second-order valence-corrected chi connectivity index (χ2v) is 4.50. The number of amides is 2. The van der Waals surface area contributed by atoms with Gasteiger partial charge in [0.25, 0.3) is 0 Å². The molecule has 1 fully saturated rings. The van der Waals surface area contributed by atoms with E-state index in [0.29, 0.717) is 17.0 Å². The zero-order chi connectivity index (χ0) is 12.2. The number of Topliss-reactive ketones (excluding diaryl/α,β-unsaturated/α-hetero) is 1. The van der Waals surface area contributed by atoms with Crippen molar-refractivity contribution in [3.63, 3.8) is 0 Å². The number of rotatable bonds is 1. The third-order valence-corrected chi connectivity index (χ3v) is 3.35. The third kappa shape index (κ3) is 1.32. The Balaban J connectivity index is 2.01. The molecule has 0 saturated heterocycles. The molecule has 2 amide bonds. The van der Waals surface area contributed by atoms with Crippen molar-refractivity contribution >= 4 is 17.5 Å². The third-order valence-electron chi connectivity index (χ3n) is 3.35. The Morgan fingerprint density at radius 3 is 2.76 bits per heavy atom. The van der Waals surface area contributed by atoms with Crippen LogP contribution in [0.4, 0.5) is 10.5 Å². The molecule has 5 nitrogen and oxygen atoms in total. The average Bonchev–Trinajstić information content (AvgIpc) is 3.02. The Kier molecular flexibility index (Phi) is 1.79. The van der Waals surface area contributed by atoms with Gasteiger partial charge >= 0.3 is 6.03 Å². The fourth-order valence-electron chi connectivity index (χ4n) is 2.07. The van der Waals surface area contributed by atoms with Crippen molar-refractivity contribution < 1.29 is 14.3 Å². The van der Waals surface area contributed by atoms with Crippen molar-refractivity contribution in [3.05, 3.63) is 23.8 Å². The number of hydrogen-bond acceptors (Lipinski definition) is 3. The molecule has 5 heteroatoms. The number of nitrogens with zero attached hydrogens (tertiary/aromatic N) is 1. The number of hydrogen-bond donors (Lipinski definition) is 1. The first-order valence-electron chi connectivity index (χ1n) is 5.44. The first-order valence-corrected chi connectivity index (χ1v) is 5.44. The van der Waals surface area contributed by atoms with E-state index in [9.17, 15) is 9.59 Å². The van der Waals surface area contributed by atoms with Crippen molar-refractivity contribution in [2.45, 2.75) is 18.4 Å². The summed E-state index contributed by atoms with van der Waals surface area (Å²) >= 11 is 0. The number of ether oxygens (including phenoxy) is 1. The van der Waals surface area contributed by atoms with E-state index in [0.717, 1.165) is 12.8 Å². The van der Waals surface area contributed by atoms with E-state index in [2.05, 4.69) is 0 Å². The summed E-state index contributed by atoms with van der Waals surface area (Å²) in [4.78, 5) is 24.4. The molecule has 88 valence electrons. The van der Waals surface area contributed by atoms with E-state index in [1.165, 1.54) is 4.90 Å². The summed E-state index contributed by atoms with van der Waals surface area (Å²) in [5.74, 6) is 0.626. The van der Waals surface area contributed by atoms with Crippen LogP contribution in [-0.2, 0) is 0 Å².